The molecule has 1 N–H and O–H groups in total. The number of anilines is 1. The number of nitrogens with zero attached hydrogens (tertiary/aromatic N) is 5. The Labute approximate surface area is 127 Å². The average molecular weight is 302 g/mol. The van der Waals surface area contributed by atoms with Crippen molar-refractivity contribution in [1.29, 1.82) is 0 Å². The maximum atomic E-state index is 12.4. The second-order valence-electron chi connectivity index (χ2n) is 5.15. The molecule has 1 aliphatic heterocycles. The summed E-state index contributed by atoms with van der Waals surface area (Å²) in [5, 5.41) is 11.7. The van der Waals surface area contributed by atoms with Crippen molar-refractivity contribution >= 4 is 11.9 Å². The van der Waals surface area contributed by atoms with E-state index in [1.807, 2.05) is 27.0 Å². The number of rotatable bonds is 3. The number of hydrogen-bond donors (Lipinski definition) is 1. The Kier molecular flexibility index (Phi) is 3.44. The van der Waals surface area contributed by atoms with Gasteiger partial charge in [0.1, 0.15) is 12.4 Å². The first-order chi connectivity index (χ1) is 10.5. The van der Waals surface area contributed by atoms with Crippen molar-refractivity contribution in [3.05, 3.63) is 35.1 Å². The zero-order valence-corrected chi connectivity index (χ0v) is 13.0. The van der Waals surface area contributed by atoms with E-state index in [4.69, 9.17) is 4.74 Å². The van der Waals surface area contributed by atoms with Crippen LogP contribution in [0.3, 0.4) is 0 Å². The van der Waals surface area contributed by atoms with Gasteiger partial charge in [0.15, 0.2) is 0 Å². The summed E-state index contributed by atoms with van der Waals surface area (Å²) >= 11 is 0. The second kappa shape index (κ2) is 5.28. The zero-order valence-electron chi connectivity index (χ0n) is 13.0. The molecule has 116 valence electrons. The lowest BCUT2D eigenvalue weighted by molar-refractivity contribution is -0.139. The quantitative estimate of drug-likeness (QED) is 0.857. The number of nitrogens with one attached hydrogen (secondary N) is 1. The minimum atomic E-state index is -0.413. The minimum absolute atomic E-state index is 0.316. The smallest absolute Gasteiger partial charge is 0.338 e. The van der Waals surface area contributed by atoms with E-state index in [-0.39, 0.29) is 5.97 Å². The molecular formula is C14H18N6O2. The Morgan fingerprint density at radius 2 is 2.23 bits per heavy atom. The Balaban J connectivity index is 2.17. The number of allylic oxidation sites excluding steroid dienone is 1. The molecule has 1 aliphatic rings. The molecule has 0 aliphatic carbocycles. The lowest BCUT2D eigenvalue weighted by Gasteiger charge is -2.27. The van der Waals surface area contributed by atoms with Crippen LogP contribution in [0.5, 0.6) is 0 Å². The second-order valence-corrected chi connectivity index (χ2v) is 5.15. The molecule has 0 amide bonds. The molecule has 22 heavy (non-hydrogen) atoms. The summed E-state index contributed by atoms with van der Waals surface area (Å²) in [6.07, 6.45) is 1.46. The van der Waals surface area contributed by atoms with Crippen LogP contribution in [0.2, 0.25) is 0 Å². The Morgan fingerprint density at radius 1 is 1.45 bits per heavy atom. The molecule has 0 radical (unpaired) electrons. The number of aromatic nitrogens is 5. The fraction of sp³-hybridized carbons (Fsp3) is 0.429. The summed E-state index contributed by atoms with van der Waals surface area (Å²) in [7, 11) is 1.85. The highest BCUT2D eigenvalue weighted by atomic mass is 16.5. The van der Waals surface area contributed by atoms with E-state index in [0.717, 1.165) is 11.4 Å². The number of esters is 1. The van der Waals surface area contributed by atoms with E-state index in [9.17, 15) is 4.79 Å². The van der Waals surface area contributed by atoms with Gasteiger partial charge in [0, 0.05) is 12.7 Å². The number of ether oxygens (including phenoxy) is 1. The molecule has 1 atom stereocenters. The molecule has 0 spiro atoms. The molecular weight excluding hydrogens is 284 g/mol. The van der Waals surface area contributed by atoms with Gasteiger partial charge in [-0.15, -0.1) is 0 Å². The first-order valence-corrected chi connectivity index (χ1v) is 7.07. The van der Waals surface area contributed by atoms with Gasteiger partial charge >= 0.3 is 5.97 Å². The third-order valence-corrected chi connectivity index (χ3v) is 3.61. The standard InChI is InChI=1S/C14H18N6O2/c1-5-22-13(21)11-9(3)17-14-15-7-16-20(14)12(11)10-6-8(2)18-19(10)4/h6-7,12H,5H2,1-4H3,(H,15,16,17). The number of carbonyl (C=O) groups is 1. The number of aryl methyl sites for hydroxylation is 2. The van der Waals surface area contributed by atoms with Gasteiger partial charge in [0.25, 0.3) is 0 Å². The SMILES string of the molecule is CCOC(=O)C1=C(C)Nc2ncnn2C1c1cc(C)nn1C. The fourth-order valence-electron chi connectivity index (χ4n) is 2.72. The summed E-state index contributed by atoms with van der Waals surface area (Å²) in [6, 6.07) is 1.53. The van der Waals surface area contributed by atoms with E-state index in [1.54, 1.807) is 16.3 Å². The molecule has 0 fully saturated rings. The molecule has 3 heterocycles. The Bertz CT molecular complexity index is 757. The summed E-state index contributed by atoms with van der Waals surface area (Å²) in [6.45, 7) is 5.85. The van der Waals surface area contributed by atoms with Crippen molar-refractivity contribution < 1.29 is 9.53 Å². The summed E-state index contributed by atoms with van der Waals surface area (Å²) < 4.78 is 8.64. The molecule has 8 nitrogen and oxygen atoms in total. The Hall–Kier alpha value is -2.64. The van der Waals surface area contributed by atoms with E-state index in [0.29, 0.717) is 23.8 Å². The lowest BCUT2D eigenvalue weighted by Crippen LogP contribution is -2.30. The van der Waals surface area contributed by atoms with Crippen LogP contribution in [-0.4, -0.2) is 37.1 Å². The molecule has 1 unspecified atom stereocenters. The van der Waals surface area contributed by atoms with E-state index >= 15 is 0 Å². The predicted octanol–water partition coefficient (Wildman–Crippen LogP) is 1.17. The third-order valence-electron chi connectivity index (χ3n) is 3.61. The van der Waals surface area contributed by atoms with E-state index in [2.05, 4.69) is 20.5 Å². The van der Waals surface area contributed by atoms with Crippen LogP contribution in [0.15, 0.2) is 23.7 Å². The predicted molar refractivity (Wildman–Crippen MR) is 79.1 cm³/mol. The topological polar surface area (TPSA) is 86.9 Å². The van der Waals surface area contributed by atoms with Gasteiger partial charge in [-0.25, -0.2) is 9.48 Å². The van der Waals surface area contributed by atoms with Crippen molar-refractivity contribution in [2.45, 2.75) is 26.8 Å². The molecule has 0 saturated heterocycles. The maximum absolute atomic E-state index is 12.4. The minimum Gasteiger partial charge on any atom is -0.463 e. The number of carbonyl (C=O) groups excluding carboxylic acids is 1. The molecule has 2 aromatic rings. The van der Waals surface area contributed by atoms with Gasteiger partial charge in [-0.1, -0.05) is 0 Å². The highest BCUT2D eigenvalue weighted by Crippen LogP contribution is 2.35. The molecule has 2 aromatic heterocycles. The summed E-state index contributed by atoms with van der Waals surface area (Å²) in [4.78, 5) is 16.6. The van der Waals surface area contributed by atoms with Crippen LogP contribution < -0.4 is 5.32 Å². The van der Waals surface area contributed by atoms with Crippen LogP contribution in [0, 0.1) is 6.92 Å². The fourth-order valence-corrected chi connectivity index (χ4v) is 2.72. The first-order valence-electron chi connectivity index (χ1n) is 7.07. The van der Waals surface area contributed by atoms with Gasteiger partial charge < -0.3 is 10.1 Å². The van der Waals surface area contributed by atoms with Gasteiger partial charge in [-0.3, -0.25) is 4.68 Å². The largest absolute Gasteiger partial charge is 0.463 e. The van der Waals surface area contributed by atoms with Gasteiger partial charge in [0.2, 0.25) is 5.95 Å². The van der Waals surface area contributed by atoms with Crippen LogP contribution in [0.25, 0.3) is 0 Å². The van der Waals surface area contributed by atoms with Crippen molar-refractivity contribution in [2.24, 2.45) is 7.05 Å². The van der Waals surface area contributed by atoms with Crippen LogP contribution in [0.4, 0.5) is 5.95 Å². The monoisotopic (exact) mass is 302 g/mol. The van der Waals surface area contributed by atoms with Crippen LogP contribution in [0.1, 0.15) is 31.3 Å². The normalized spacial score (nSPS) is 17.2. The van der Waals surface area contributed by atoms with Crippen molar-refractivity contribution in [3.63, 3.8) is 0 Å². The molecule has 8 heteroatoms. The third kappa shape index (κ3) is 2.16. The van der Waals surface area contributed by atoms with Crippen molar-refractivity contribution in [3.8, 4) is 0 Å². The van der Waals surface area contributed by atoms with Gasteiger partial charge in [0.05, 0.1) is 23.6 Å². The highest BCUT2D eigenvalue weighted by molar-refractivity contribution is 5.92. The van der Waals surface area contributed by atoms with E-state index < -0.39 is 6.04 Å². The van der Waals surface area contributed by atoms with Gasteiger partial charge in [-0.2, -0.15) is 15.2 Å². The molecule has 0 saturated carbocycles. The molecule has 0 aromatic carbocycles. The van der Waals surface area contributed by atoms with E-state index in [1.165, 1.54) is 6.33 Å². The summed E-state index contributed by atoms with van der Waals surface area (Å²) in [5.74, 6) is 0.229. The number of fused-ring (bicyclic) bond motifs is 1. The molecule has 0 bridgehead atoms. The lowest BCUT2D eigenvalue weighted by atomic mass is 10.00. The molecule has 3 rings (SSSR count). The van der Waals surface area contributed by atoms with Crippen LogP contribution >= 0.6 is 0 Å². The average Bonchev–Trinajstić information content (AvgIpc) is 3.03. The zero-order chi connectivity index (χ0) is 15.9. The number of hydrogen-bond acceptors (Lipinski definition) is 6. The van der Waals surface area contributed by atoms with Gasteiger partial charge in [-0.05, 0) is 26.8 Å². The first kappa shape index (κ1) is 14.3. The van der Waals surface area contributed by atoms with Crippen LogP contribution in [-0.2, 0) is 16.6 Å². The van der Waals surface area contributed by atoms with Crippen molar-refractivity contribution in [2.75, 3.05) is 11.9 Å². The van der Waals surface area contributed by atoms with Crippen molar-refractivity contribution in [1.82, 2.24) is 24.5 Å². The maximum Gasteiger partial charge on any atom is 0.338 e. The Morgan fingerprint density at radius 3 is 2.86 bits per heavy atom. The highest BCUT2D eigenvalue weighted by Gasteiger charge is 2.36. The summed E-state index contributed by atoms with van der Waals surface area (Å²) in [5.41, 5.74) is 2.96.